The van der Waals surface area contributed by atoms with Gasteiger partial charge in [0.15, 0.2) is 11.5 Å². The molecule has 1 saturated heterocycles. The van der Waals surface area contributed by atoms with E-state index in [-0.39, 0.29) is 31.6 Å². The number of carbonyl (C=O) groups excluding carboxylic acids is 2. The molecule has 28 heavy (non-hydrogen) atoms. The third kappa shape index (κ3) is 4.00. The van der Waals surface area contributed by atoms with Crippen molar-refractivity contribution in [3.63, 3.8) is 0 Å². The number of hydrogen-bond donors (Lipinski definition) is 1. The van der Waals surface area contributed by atoms with Crippen molar-refractivity contribution < 1.29 is 19.1 Å². The van der Waals surface area contributed by atoms with Crippen molar-refractivity contribution in [1.29, 1.82) is 0 Å². The summed E-state index contributed by atoms with van der Waals surface area (Å²) < 4.78 is 11.1. The Bertz CT molecular complexity index is 978. The zero-order valence-corrected chi connectivity index (χ0v) is 16.2. The number of thioether (sulfide) groups is 1. The lowest BCUT2D eigenvalue weighted by atomic mass is 10.2. The second-order valence-corrected chi connectivity index (χ2v) is 7.63. The highest BCUT2D eigenvalue weighted by molar-refractivity contribution is 8.26. The van der Waals surface area contributed by atoms with E-state index in [0.717, 1.165) is 5.56 Å². The second kappa shape index (κ2) is 7.99. The summed E-state index contributed by atoms with van der Waals surface area (Å²) >= 11 is 6.53. The smallest absolute Gasteiger partial charge is 0.266 e. The van der Waals surface area contributed by atoms with Gasteiger partial charge in [-0.1, -0.05) is 36.1 Å². The molecule has 0 atom stereocenters. The third-order valence-corrected chi connectivity index (χ3v) is 5.44. The zero-order valence-electron chi connectivity index (χ0n) is 14.6. The van der Waals surface area contributed by atoms with Crippen LogP contribution in [0.25, 0.3) is 6.08 Å². The molecule has 0 saturated carbocycles. The topological polar surface area (TPSA) is 80.8 Å². The number of nitrogens with zero attached hydrogens (tertiary/aromatic N) is 2. The van der Waals surface area contributed by atoms with Crippen LogP contribution < -0.4 is 14.8 Å². The molecule has 9 heteroatoms. The van der Waals surface area contributed by atoms with Gasteiger partial charge < -0.3 is 14.8 Å². The molecule has 1 N–H and O–H groups in total. The lowest BCUT2D eigenvalue weighted by molar-refractivity contribution is -0.122. The molecule has 0 aliphatic carbocycles. The summed E-state index contributed by atoms with van der Waals surface area (Å²) in [6, 6.07) is 10.7. The van der Waals surface area contributed by atoms with Crippen LogP contribution in [0.4, 0.5) is 5.82 Å². The van der Waals surface area contributed by atoms with Gasteiger partial charge in [-0.2, -0.15) is 0 Å². The molecule has 1 aromatic heterocycles. The van der Waals surface area contributed by atoms with Crippen molar-refractivity contribution in [1.82, 2.24) is 9.88 Å². The molecule has 7 nitrogen and oxygen atoms in total. The lowest BCUT2D eigenvalue weighted by Gasteiger charge is -2.13. The van der Waals surface area contributed by atoms with Crippen LogP contribution in [0.15, 0.2) is 47.5 Å². The molecule has 142 valence electrons. The summed E-state index contributed by atoms with van der Waals surface area (Å²) in [6.07, 6.45) is 3.48. The van der Waals surface area contributed by atoms with Crippen molar-refractivity contribution >= 4 is 52.0 Å². The maximum atomic E-state index is 12.7. The number of carbonyl (C=O) groups is 2. The van der Waals surface area contributed by atoms with Crippen molar-refractivity contribution in [2.45, 2.75) is 6.42 Å². The Morgan fingerprint density at radius 1 is 1.29 bits per heavy atom. The Kier molecular flexibility index (Phi) is 5.27. The van der Waals surface area contributed by atoms with Gasteiger partial charge in [-0.15, -0.1) is 0 Å². The molecular weight excluding hydrogens is 398 g/mol. The number of pyridine rings is 1. The van der Waals surface area contributed by atoms with Gasteiger partial charge in [-0.3, -0.25) is 14.5 Å². The van der Waals surface area contributed by atoms with Crippen molar-refractivity contribution in [3.05, 3.63) is 53.1 Å². The van der Waals surface area contributed by atoms with Crippen LogP contribution in [-0.2, 0) is 9.59 Å². The van der Waals surface area contributed by atoms with Gasteiger partial charge >= 0.3 is 0 Å². The summed E-state index contributed by atoms with van der Waals surface area (Å²) in [5.74, 6) is 1.37. The van der Waals surface area contributed by atoms with Crippen molar-refractivity contribution in [3.8, 4) is 11.5 Å². The molecule has 0 radical (unpaired) electrons. The summed E-state index contributed by atoms with van der Waals surface area (Å²) in [6.45, 7) is 0.406. The van der Waals surface area contributed by atoms with Gasteiger partial charge in [0.25, 0.3) is 5.91 Å². The quantitative estimate of drug-likeness (QED) is 0.596. The molecule has 1 fully saturated rings. The first-order chi connectivity index (χ1) is 13.6. The number of anilines is 1. The number of fused-ring (bicyclic) bond motifs is 1. The van der Waals surface area contributed by atoms with Gasteiger partial charge in [0.1, 0.15) is 10.1 Å². The van der Waals surface area contributed by atoms with Crippen LogP contribution in [0.1, 0.15) is 12.0 Å². The molecule has 0 spiro atoms. The van der Waals surface area contributed by atoms with E-state index in [4.69, 9.17) is 21.7 Å². The molecule has 2 aliphatic rings. The number of rotatable bonds is 5. The number of thiocarbonyl (C=S) groups is 1. The maximum absolute atomic E-state index is 12.7. The monoisotopic (exact) mass is 413 g/mol. The van der Waals surface area contributed by atoms with Crippen LogP contribution in [-0.4, -0.2) is 39.4 Å². The van der Waals surface area contributed by atoms with Gasteiger partial charge in [0, 0.05) is 19.2 Å². The summed E-state index contributed by atoms with van der Waals surface area (Å²) in [7, 11) is 0. The second-order valence-electron chi connectivity index (χ2n) is 5.96. The van der Waals surface area contributed by atoms with E-state index in [9.17, 15) is 9.59 Å². The molecule has 3 heterocycles. The number of ether oxygens (including phenoxy) is 2. The minimum Gasteiger partial charge on any atom is -0.454 e. The van der Waals surface area contributed by atoms with Crippen LogP contribution in [0, 0.1) is 0 Å². The first-order valence-corrected chi connectivity index (χ1v) is 9.68. The Labute approximate surface area is 170 Å². The maximum Gasteiger partial charge on any atom is 0.266 e. The number of amides is 2. The van der Waals surface area contributed by atoms with E-state index in [1.54, 1.807) is 36.5 Å². The highest BCUT2D eigenvalue weighted by Crippen LogP contribution is 2.36. The van der Waals surface area contributed by atoms with E-state index >= 15 is 0 Å². The average Bonchev–Trinajstić information content (AvgIpc) is 3.25. The number of benzene rings is 1. The molecule has 0 unspecified atom stereocenters. The summed E-state index contributed by atoms with van der Waals surface area (Å²) in [4.78, 5) is 30.7. The molecule has 2 amide bonds. The van der Waals surface area contributed by atoms with Crippen molar-refractivity contribution in [2.75, 3.05) is 18.7 Å². The fourth-order valence-electron chi connectivity index (χ4n) is 2.70. The number of hydrogen-bond acceptors (Lipinski definition) is 7. The Balaban J connectivity index is 1.39. The van der Waals surface area contributed by atoms with E-state index in [1.165, 1.54) is 16.7 Å². The zero-order chi connectivity index (χ0) is 19.5. The Morgan fingerprint density at radius 3 is 2.96 bits per heavy atom. The SMILES string of the molecule is O=C(CCN1C(=O)C(=Cc2ccc3c(c2)OCO3)SC1=S)Nc1ccccn1. The fraction of sp³-hybridized carbons (Fsp3) is 0.158. The van der Waals surface area contributed by atoms with Gasteiger partial charge in [-0.25, -0.2) is 4.98 Å². The predicted octanol–water partition coefficient (Wildman–Crippen LogP) is 3.04. The normalized spacial score (nSPS) is 16.7. The minimum atomic E-state index is -0.229. The van der Waals surface area contributed by atoms with E-state index in [1.807, 2.05) is 12.1 Å². The van der Waals surface area contributed by atoms with E-state index in [0.29, 0.717) is 26.5 Å². The molecule has 2 aliphatic heterocycles. The van der Waals surface area contributed by atoms with Crippen LogP contribution >= 0.6 is 24.0 Å². The molecule has 4 rings (SSSR count). The van der Waals surface area contributed by atoms with Gasteiger partial charge in [-0.05, 0) is 35.9 Å². The number of aromatic nitrogens is 1. The highest BCUT2D eigenvalue weighted by Gasteiger charge is 2.32. The summed E-state index contributed by atoms with van der Waals surface area (Å²) in [5.41, 5.74) is 0.817. The average molecular weight is 413 g/mol. The highest BCUT2D eigenvalue weighted by atomic mass is 32.2. The Morgan fingerprint density at radius 2 is 2.14 bits per heavy atom. The van der Waals surface area contributed by atoms with Crippen LogP contribution in [0.3, 0.4) is 0 Å². The molecular formula is C19H15N3O4S2. The number of nitrogens with one attached hydrogen (secondary N) is 1. The lowest BCUT2D eigenvalue weighted by Crippen LogP contribution is -2.31. The largest absolute Gasteiger partial charge is 0.454 e. The van der Waals surface area contributed by atoms with E-state index < -0.39 is 0 Å². The first-order valence-electron chi connectivity index (χ1n) is 8.46. The van der Waals surface area contributed by atoms with Gasteiger partial charge in [0.2, 0.25) is 12.7 Å². The minimum absolute atomic E-state index is 0.125. The molecule has 2 aromatic rings. The van der Waals surface area contributed by atoms with Crippen LogP contribution in [0.5, 0.6) is 11.5 Å². The van der Waals surface area contributed by atoms with E-state index in [2.05, 4.69) is 10.3 Å². The standard InChI is InChI=1S/C19H15N3O4S2/c23-17(21-16-3-1-2-7-20-16)6-8-22-18(24)15(28-19(22)27)10-12-4-5-13-14(9-12)26-11-25-13/h1-5,7,9-10H,6,8,11H2,(H,20,21,23). The van der Waals surface area contributed by atoms with Crippen LogP contribution in [0.2, 0.25) is 0 Å². The predicted molar refractivity (Wildman–Crippen MR) is 110 cm³/mol. The van der Waals surface area contributed by atoms with Crippen molar-refractivity contribution in [2.24, 2.45) is 0 Å². The molecule has 1 aromatic carbocycles. The Hall–Kier alpha value is -2.91. The first kappa shape index (κ1) is 18.5. The molecule has 0 bridgehead atoms. The fourth-order valence-corrected chi connectivity index (χ4v) is 4.01. The van der Waals surface area contributed by atoms with Gasteiger partial charge in [0.05, 0.1) is 4.91 Å². The summed E-state index contributed by atoms with van der Waals surface area (Å²) in [5, 5.41) is 2.69. The third-order valence-electron chi connectivity index (χ3n) is 4.06.